The van der Waals surface area contributed by atoms with Crippen LogP contribution in [0, 0.1) is 0 Å². The van der Waals surface area contributed by atoms with Gasteiger partial charge in [-0.05, 0) is 12.8 Å². The first-order chi connectivity index (χ1) is 7.59. The van der Waals surface area contributed by atoms with Crippen molar-refractivity contribution in [3.05, 3.63) is 0 Å². The van der Waals surface area contributed by atoms with Crippen molar-refractivity contribution >= 4 is 11.8 Å². The molecule has 1 saturated carbocycles. The molecular weight excluding hydrogens is 208 g/mol. The Labute approximate surface area is 95.6 Å². The molecule has 0 aliphatic heterocycles. The Kier molecular flexibility index (Phi) is 5.25. The molecule has 3 N–H and O–H groups in total. The zero-order valence-electron chi connectivity index (χ0n) is 9.66. The van der Waals surface area contributed by atoms with Crippen molar-refractivity contribution in [1.29, 1.82) is 0 Å². The summed E-state index contributed by atoms with van der Waals surface area (Å²) in [4.78, 5) is 22.0. The highest BCUT2D eigenvalue weighted by Gasteiger charge is 2.23. The van der Waals surface area contributed by atoms with Crippen LogP contribution in [0.2, 0.25) is 0 Å². The van der Waals surface area contributed by atoms with Gasteiger partial charge in [0, 0.05) is 19.9 Å². The number of aliphatic hydroxyl groups excluding tert-OH is 1. The minimum atomic E-state index is -0.418. The Bertz CT molecular complexity index is 256. The highest BCUT2D eigenvalue weighted by Crippen LogP contribution is 2.18. The molecule has 0 aromatic heterocycles. The predicted molar refractivity (Wildman–Crippen MR) is 59.7 cm³/mol. The number of aliphatic hydroxyl groups is 1. The molecule has 1 aliphatic rings. The van der Waals surface area contributed by atoms with Crippen LogP contribution in [0.5, 0.6) is 0 Å². The molecule has 16 heavy (non-hydrogen) atoms. The quantitative estimate of drug-likeness (QED) is 0.630. The maximum Gasteiger partial charge on any atom is 0.222 e. The number of carbonyl (C=O) groups is 2. The van der Waals surface area contributed by atoms with Crippen LogP contribution in [0.3, 0.4) is 0 Å². The number of amides is 2. The number of carbonyl (C=O) groups excluding carboxylic acids is 2. The molecule has 0 radical (unpaired) electrons. The second kappa shape index (κ2) is 6.48. The summed E-state index contributed by atoms with van der Waals surface area (Å²) in [5.41, 5.74) is 0. The molecule has 0 heterocycles. The van der Waals surface area contributed by atoms with E-state index in [4.69, 9.17) is 0 Å². The first-order valence-corrected chi connectivity index (χ1v) is 5.81. The Balaban J connectivity index is 2.19. The van der Waals surface area contributed by atoms with E-state index in [1.165, 1.54) is 6.92 Å². The Hall–Kier alpha value is -1.10. The van der Waals surface area contributed by atoms with E-state index < -0.39 is 6.10 Å². The molecule has 2 atom stereocenters. The van der Waals surface area contributed by atoms with E-state index in [0.29, 0.717) is 6.54 Å². The maximum atomic E-state index is 11.5. The first-order valence-electron chi connectivity index (χ1n) is 5.81. The number of hydrogen-bond donors (Lipinski definition) is 3. The number of rotatable bonds is 4. The second-order valence-corrected chi connectivity index (χ2v) is 4.26. The summed E-state index contributed by atoms with van der Waals surface area (Å²) in [6.07, 6.45) is 3.53. The molecular formula is C11H20N2O3. The summed E-state index contributed by atoms with van der Waals surface area (Å²) in [6.45, 7) is 1.77. The lowest BCUT2D eigenvalue weighted by Gasteiger charge is -2.28. The molecule has 0 aromatic rings. The molecule has 1 fully saturated rings. The normalized spacial score (nSPS) is 24.9. The third-order valence-corrected chi connectivity index (χ3v) is 2.80. The lowest BCUT2D eigenvalue weighted by molar-refractivity contribution is -0.123. The van der Waals surface area contributed by atoms with Gasteiger partial charge >= 0.3 is 0 Å². The zero-order valence-corrected chi connectivity index (χ0v) is 9.66. The van der Waals surface area contributed by atoms with Gasteiger partial charge < -0.3 is 15.7 Å². The molecule has 1 rings (SSSR count). The molecule has 92 valence electrons. The molecule has 1 aliphatic carbocycles. The minimum absolute atomic E-state index is 0.111. The first kappa shape index (κ1) is 13.0. The fraction of sp³-hybridized carbons (Fsp3) is 0.818. The molecule has 0 spiro atoms. The monoisotopic (exact) mass is 228 g/mol. The van der Waals surface area contributed by atoms with Crippen molar-refractivity contribution < 1.29 is 14.7 Å². The fourth-order valence-corrected chi connectivity index (χ4v) is 1.91. The van der Waals surface area contributed by atoms with Crippen molar-refractivity contribution in [2.45, 2.75) is 51.2 Å². The average Bonchev–Trinajstić information content (AvgIpc) is 2.21. The van der Waals surface area contributed by atoms with Crippen molar-refractivity contribution in [3.8, 4) is 0 Å². The fourth-order valence-electron chi connectivity index (χ4n) is 1.91. The van der Waals surface area contributed by atoms with Gasteiger partial charge in [0.1, 0.15) is 0 Å². The topological polar surface area (TPSA) is 78.4 Å². The van der Waals surface area contributed by atoms with Crippen molar-refractivity contribution in [2.24, 2.45) is 0 Å². The van der Waals surface area contributed by atoms with E-state index in [1.54, 1.807) is 0 Å². The van der Waals surface area contributed by atoms with Crippen molar-refractivity contribution in [2.75, 3.05) is 6.54 Å². The van der Waals surface area contributed by atoms with Gasteiger partial charge in [-0.15, -0.1) is 0 Å². The van der Waals surface area contributed by atoms with E-state index in [-0.39, 0.29) is 24.3 Å². The summed E-state index contributed by atoms with van der Waals surface area (Å²) in [5, 5.41) is 15.0. The van der Waals surface area contributed by atoms with Gasteiger partial charge in [-0.1, -0.05) is 12.8 Å². The highest BCUT2D eigenvalue weighted by atomic mass is 16.3. The molecule has 5 heteroatoms. The molecule has 0 unspecified atom stereocenters. The van der Waals surface area contributed by atoms with Gasteiger partial charge in [0.05, 0.1) is 12.1 Å². The zero-order chi connectivity index (χ0) is 12.0. The second-order valence-electron chi connectivity index (χ2n) is 4.26. The van der Waals surface area contributed by atoms with E-state index in [0.717, 1.165) is 25.7 Å². The number of hydrogen-bond acceptors (Lipinski definition) is 3. The summed E-state index contributed by atoms with van der Waals surface area (Å²) in [5.74, 6) is -0.245. The van der Waals surface area contributed by atoms with Crippen LogP contribution in [0.4, 0.5) is 0 Å². The van der Waals surface area contributed by atoms with Gasteiger partial charge in [0.15, 0.2) is 0 Å². The smallest absolute Gasteiger partial charge is 0.222 e. The maximum absolute atomic E-state index is 11.5. The molecule has 0 saturated heterocycles. The number of nitrogens with one attached hydrogen (secondary N) is 2. The van der Waals surface area contributed by atoms with Gasteiger partial charge in [-0.25, -0.2) is 0 Å². The summed E-state index contributed by atoms with van der Waals surface area (Å²) in [6, 6.07) is -0.112. The van der Waals surface area contributed by atoms with Crippen LogP contribution in [-0.4, -0.2) is 35.6 Å². The van der Waals surface area contributed by atoms with E-state index in [1.807, 2.05) is 0 Å². The van der Waals surface area contributed by atoms with Crippen molar-refractivity contribution in [3.63, 3.8) is 0 Å². The van der Waals surface area contributed by atoms with Crippen LogP contribution >= 0.6 is 0 Å². The predicted octanol–water partition coefficient (Wildman–Crippen LogP) is -0.0677. The third-order valence-electron chi connectivity index (χ3n) is 2.80. The van der Waals surface area contributed by atoms with Gasteiger partial charge in [0.2, 0.25) is 11.8 Å². The SMILES string of the molecule is CC(=O)NCCC(=O)N[C@@H]1CCCC[C@H]1O. The summed E-state index contributed by atoms with van der Waals surface area (Å²) < 4.78 is 0. The van der Waals surface area contributed by atoms with Gasteiger partial charge in [-0.2, -0.15) is 0 Å². The van der Waals surface area contributed by atoms with Crippen LogP contribution in [0.1, 0.15) is 39.0 Å². The van der Waals surface area contributed by atoms with E-state index in [9.17, 15) is 14.7 Å². The Morgan fingerprint density at radius 2 is 2.00 bits per heavy atom. The minimum Gasteiger partial charge on any atom is -0.391 e. The highest BCUT2D eigenvalue weighted by molar-refractivity contribution is 5.78. The molecule has 2 amide bonds. The van der Waals surface area contributed by atoms with Crippen LogP contribution in [0.25, 0.3) is 0 Å². The molecule has 5 nitrogen and oxygen atoms in total. The lowest BCUT2D eigenvalue weighted by Crippen LogP contribution is -2.45. The Morgan fingerprint density at radius 1 is 1.31 bits per heavy atom. The van der Waals surface area contributed by atoms with Gasteiger partial charge in [-0.3, -0.25) is 9.59 Å². The summed E-state index contributed by atoms with van der Waals surface area (Å²) in [7, 11) is 0. The largest absolute Gasteiger partial charge is 0.391 e. The van der Waals surface area contributed by atoms with Gasteiger partial charge in [0.25, 0.3) is 0 Å². The molecule has 0 aromatic carbocycles. The average molecular weight is 228 g/mol. The van der Waals surface area contributed by atoms with Crippen molar-refractivity contribution in [1.82, 2.24) is 10.6 Å². The van der Waals surface area contributed by atoms with Crippen LogP contribution in [-0.2, 0) is 9.59 Å². The third kappa shape index (κ3) is 4.61. The van der Waals surface area contributed by atoms with E-state index >= 15 is 0 Å². The van der Waals surface area contributed by atoms with E-state index in [2.05, 4.69) is 10.6 Å². The van der Waals surface area contributed by atoms with Crippen LogP contribution in [0.15, 0.2) is 0 Å². The summed E-state index contributed by atoms with van der Waals surface area (Å²) >= 11 is 0. The van der Waals surface area contributed by atoms with Crippen LogP contribution < -0.4 is 10.6 Å². The molecule has 0 bridgehead atoms. The Morgan fingerprint density at radius 3 is 2.62 bits per heavy atom. The lowest BCUT2D eigenvalue weighted by atomic mass is 9.92. The standard InChI is InChI=1S/C11H20N2O3/c1-8(14)12-7-6-11(16)13-9-4-2-3-5-10(9)15/h9-10,15H,2-7H2,1H3,(H,12,14)(H,13,16)/t9-,10-/m1/s1.